The molecule has 2 rings (SSSR count). The molecule has 0 aliphatic carbocycles. The third-order valence-corrected chi connectivity index (χ3v) is 6.06. The highest BCUT2D eigenvalue weighted by Gasteiger charge is 2.20. The van der Waals surface area contributed by atoms with Gasteiger partial charge in [-0.25, -0.2) is 8.42 Å². The fourth-order valence-corrected chi connectivity index (χ4v) is 4.06. The SMILES string of the molecule is CCOCCCNC(=O)c1ccc(Cl)c(S(=O)(=O)Nc2ccc(C)c(C)c2)c1. The van der Waals surface area contributed by atoms with E-state index in [2.05, 4.69) is 10.0 Å². The molecule has 6 nitrogen and oxygen atoms in total. The number of aryl methyl sites for hydroxylation is 2. The van der Waals surface area contributed by atoms with Crippen molar-refractivity contribution in [1.29, 1.82) is 0 Å². The zero-order valence-corrected chi connectivity index (χ0v) is 17.8. The highest BCUT2D eigenvalue weighted by atomic mass is 35.5. The van der Waals surface area contributed by atoms with Gasteiger partial charge in [-0.05, 0) is 68.7 Å². The molecule has 0 bridgehead atoms. The maximum absolute atomic E-state index is 12.8. The minimum absolute atomic E-state index is 0.0456. The molecule has 0 saturated carbocycles. The number of ether oxygens (including phenoxy) is 1. The molecule has 2 aromatic carbocycles. The van der Waals surface area contributed by atoms with Gasteiger partial charge in [0, 0.05) is 31.0 Å². The summed E-state index contributed by atoms with van der Waals surface area (Å²) < 4.78 is 33.3. The van der Waals surface area contributed by atoms with Crippen molar-refractivity contribution >= 4 is 33.2 Å². The van der Waals surface area contributed by atoms with Crippen LogP contribution in [0.5, 0.6) is 0 Å². The summed E-state index contributed by atoms with van der Waals surface area (Å²) in [4.78, 5) is 12.2. The molecule has 0 heterocycles. The standard InChI is InChI=1S/C20H25ClN2O4S/c1-4-27-11-5-10-22-20(24)16-7-9-18(21)19(13-16)28(25,26)23-17-8-6-14(2)15(3)12-17/h6-9,12-13,23H,4-5,10-11H2,1-3H3,(H,22,24). The summed E-state index contributed by atoms with van der Waals surface area (Å²) in [5.74, 6) is -0.365. The summed E-state index contributed by atoms with van der Waals surface area (Å²) in [6.45, 7) is 7.36. The van der Waals surface area contributed by atoms with Crippen LogP contribution < -0.4 is 10.0 Å². The lowest BCUT2D eigenvalue weighted by molar-refractivity contribution is 0.0944. The van der Waals surface area contributed by atoms with Crippen molar-refractivity contribution in [3.8, 4) is 0 Å². The number of benzene rings is 2. The Balaban J connectivity index is 2.16. The van der Waals surface area contributed by atoms with Gasteiger partial charge in [-0.2, -0.15) is 0 Å². The molecule has 2 aromatic rings. The molecule has 0 fully saturated rings. The van der Waals surface area contributed by atoms with Crippen LogP contribution in [-0.2, 0) is 14.8 Å². The highest BCUT2D eigenvalue weighted by Crippen LogP contribution is 2.26. The third kappa shape index (κ3) is 5.95. The molecule has 0 aliphatic heterocycles. The lowest BCUT2D eigenvalue weighted by atomic mass is 10.1. The van der Waals surface area contributed by atoms with Crippen LogP contribution >= 0.6 is 11.6 Å². The van der Waals surface area contributed by atoms with Crippen LogP contribution in [0.25, 0.3) is 0 Å². The first-order valence-corrected chi connectivity index (χ1v) is 10.9. The second kappa shape index (κ2) is 9.91. The van der Waals surface area contributed by atoms with Gasteiger partial charge in [0.2, 0.25) is 0 Å². The minimum atomic E-state index is -3.94. The largest absolute Gasteiger partial charge is 0.382 e. The molecule has 0 unspecified atom stereocenters. The zero-order chi connectivity index (χ0) is 20.7. The van der Waals surface area contributed by atoms with Crippen molar-refractivity contribution in [3.05, 3.63) is 58.1 Å². The number of carbonyl (C=O) groups is 1. The van der Waals surface area contributed by atoms with E-state index in [1.807, 2.05) is 26.8 Å². The molecule has 1 amide bonds. The van der Waals surface area contributed by atoms with Gasteiger partial charge in [-0.15, -0.1) is 0 Å². The van der Waals surface area contributed by atoms with Crippen LogP contribution in [0.3, 0.4) is 0 Å². The smallest absolute Gasteiger partial charge is 0.263 e. The van der Waals surface area contributed by atoms with Crippen LogP contribution in [0, 0.1) is 13.8 Å². The van der Waals surface area contributed by atoms with E-state index >= 15 is 0 Å². The molecule has 0 aliphatic rings. The van der Waals surface area contributed by atoms with Crippen LogP contribution in [0.2, 0.25) is 5.02 Å². The van der Waals surface area contributed by atoms with Crippen molar-refractivity contribution in [2.45, 2.75) is 32.1 Å². The fourth-order valence-electron chi connectivity index (χ4n) is 2.49. The van der Waals surface area contributed by atoms with Crippen LogP contribution in [0.1, 0.15) is 34.8 Å². The monoisotopic (exact) mass is 424 g/mol. The molecule has 28 heavy (non-hydrogen) atoms. The summed E-state index contributed by atoms with van der Waals surface area (Å²) in [5, 5.41) is 2.79. The van der Waals surface area contributed by atoms with Crippen molar-refractivity contribution < 1.29 is 17.9 Å². The molecule has 0 saturated heterocycles. The molecule has 8 heteroatoms. The first-order valence-electron chi connectivity index (χ1n) is 9.00. The van der Waals surface area contributed by atoms with Crippen molar-refractivity contribution in [1.82, 2.24) is 5.32 Å². The van der Waals surface area contributed by atoms with Crippen molar-refractivity contribution in [2.75, 3.05) is 24.5 Å². The van der Waals surface area contributed by atoms with E-state index in [0.717, 1.165) is 11.1 Å². The number of hydrogen-bond donors (Lipinski definition) is 2. The lowest BCUT2D eigenvalue weighted by Gasteiger charge is -2.12. The summed E-state index contributed by atoms with van der Waals surface area (Å²) in [6.07, 6.45) is 0.673. The Morgan fingerprint density at radius 3 is 2.54 bits per heavy atom. The Hall–Kier alpha value is -2.09. The molecular formula is C20H25ClN2O4S. The predicted molar refractivity (Wildman–Crippen MR) is 112 cm³/mol. The van der Waals surface area contributed by atoms with Crippen LogP contribution in [0.4, 0.5) is 5.69 Å². The molecule has 0 spiro atoms. The first kappa shape index (κ1) is 22.2. The van der Waals surface area contributed by atoms with Crippen molar-refractivity contribution in [2.24, 2.45) is 0 Å². The molecule has 0 aromatic heterocycles. The Morgan fingerprint density at radius 2 is 1.86 bits per heavy atom. The van der Waals surface area contributed by atoms with Gasteiger partial charge in [0.25, 0.3) is 15.9 Å². The van der Waals surface area contributed by atoms with E-state index < -0.39 is 10.0 Å². The maximum Gasteiger partial charge on any atom is 0.263 e. The second-order valence-electron chi connectivity index (χ2n) is 6.36. The molecule has 0 radical (unpaired) electrons. The number of anilines is 1. The Labute approximate surface area is 171 Å². The second-order valence-corrected chi connectivity index (χ2v) is 8.41. The quantitative estimate of drug-likeness (QED) is 0.597. The van der Waals surface area contributed by atoms with Crippen LogP contribution in [-0.4, -0.2) is 34.1 Å². The molecular weight excluding hydrogens is 400 g/mol. The van der Waals surface area contributed by atoms with Gasteiger partial charge in [0.15, 0.2) is 0 Å². The van der Waals surface area contributed by atoms with Crippen LogP contribution in [0.15, 0.2) is 41.3 Å². The summed E-state index contributed by atoms with van der Waals surface area (Å²) in [6, 6.07) is 9.45. The number of halogens is 1. The number of sulfonamides is 1. The predicted octanol–water partition coefficient (Wildman–Crippen LogP) is 3.91. The summed E-state index contributed by atoms with van der Waals surface area (Å²) in [5.41, 5.74) is 2.68. The van der Waals surface area contributed by atoms with Crippen molar-refractivity contribution in [3.63, 3.8) is 0 Å². The van der Waals surface area contributed by atoms with E-state index in [-0.39, 0.29) is 21.4 Å². The minimum Gasteiger partial charge on any atom is -0.382 e. The van der Waals surface area contributed by atoms with E-state index in [1.165, 1.54) is 18.2 Å². The topological polar surface area (TPSA) is 84.5 Å². The lowest BCUT2D eigenvalue weighted by Crippen LogP contribution is -2.25. The fraction of sp³-hybridized carbons (Fsp3) is 0.350. The van der Waals surface area contributed by atoms with Gasteiger partial charge in [-0.1, -0.05) is 17.7 Å². The average molecular weight is 425 g/mol. The van der Waals surface area contributed by atoms with E-state index in [0.29, 0.717) is 31.9 Å². The Bertz CT molecular complexity index is 945. The van der Waals surface area contributed by atoms with E-state index in [4.69, 9.17) is 16.3 Å². The maximum atomic E-state index is 12.8. The Morgan fingerprint density at radius 1 is 1.11 bits per heavy atom. The number of hydrogen-bond acceptors (Lipinski definition) is 4. The number of nitrogens with one attached hydrogen (secondary N) is 2. The molecule has 2 N–H and O–H groups in total. The normalized spacial score (nSPS) is 11.3. The molecule has 0 atom stereocenters. The number of carbonyl (C=O) groups excluding carboxylic acids is 1. The van der Waals surface area contributed by atoms with Gasteiger partial charge in [0.05, 0.1) is 5.02 Å². The summed E-state index contributed by atoms with van der Waals surface area (Å²) >= 11 is 6.10. The zero-order valence-electron chi connectivity index (χ0n) is 16.2. The average Bonchev–Trinajstić information content (AvgIpc) is 2.64. The Kier molecular flexibility index (Phi) is 7.86. The number of rotatable bonds is 9. The first-order chi connectivity index (χ1) is 13.2. The van der Waals surface area contributed by atoms with Gasteiger partial charge < -0.3 is 10.1 Å². The summed E-state index contributed by atoms with van der Waals surface area (Å²) in [7, 11) is -3.94. The van der Waals surface area contributed by atoms with E-state index in [9.17, 15) is 13.2 Å². The third-order valence-electron chi connectivity index (χ3n) is 4.20. The van der Waals surface area contributed by atoms with Gasteiger partial charge >= 0.3 is 0 Å². The van der Waals surface area contributed by atoms with E-state index in [1.54, 1.807) is 12.1 Å². The van der Waals surface area contributed by atoms with Gasteiger partial charge in [-0.3, -0.25) is 9.52 Å². The number of amides is 1. The molecule has 152 valence electrons. The highest BCUT2D eigenvalue weighted by molar-refractivity contribution is 7.92. The van der Waals surface area contributed by atoms with Gasteiger partial charge in [0.1, 0.15) is 4.90 Å².